The minimum absolute atomic E-state index is 0.691. The molecule has 0 bridgehead atoms. The molecule has 0 saturated carbocycles. The summed E-state index contributed by atoms with van der Waals surface area (Å²) in [7, 11) is 0. The van der Waals surface area contributed by atoms with Crippen LogP contribution in [0.4, 0.5) is 0 Å². The van der Waals surface area contributed by atoms with E-state index in [2.05, 4.69) is 19.9 Å². The lowest BCUT2D eigenvalue weighted by Gasteiger charge is -2.01. The first kappa shape index (κ1) is 9.72. The summed E-state index contributed by atoms with van der Waals surface area (Å²) >= 11 is 0. The van der Waals surface area contributed by atoms with Crippen LogP contribution in [-0.2, 0) is 0 Å². The molecule has 0 saturated heterocycles. The Bertz CT molecular complexity index is 602. The molecule has 3 heterocycles. The molecule has 17 heavy (non-hydrogen) atoms. The maximum absolute atomic E-state index is 4.50. The summed E-state index contributed by atoms with van der Waals surface area (Å²) in [4.78, 5) is 15.9. The zero-order valence-corrected chi connectivity index (χ0v) is 9.04. The molecule has 0 fully saturated rings. The van der Waals surface area contributed by atoms with Crippen LogP contribution in [0.25, 0.3) is 22.8 Å². The number of hydrogen-bond donors (Lipinski definition) is 1. The molecule has 0 aliphatic rings. The smallest absolute Gasteiger partial charge is 0.176 e. The lowest BCUT2D eigenvalue weighted by Crippen LogP contribution is -1.91. The lowest BCUT2D eigenvalue weighted by atomic mass is 10.2. The van der Waals surface area contributed by atoms with Crippen molar-refractivity contribution < 1.29 is 0 Å². The Morgan fingerprint density at radius 3 is 2.76 bits per heavy atom. The Hall–Kier alpha value is -2.49. The van der Waals surface area contributed by atoms with Gasteiger partial charge in [0, 0.05) is 30.4 Å². The van der Waals surface area contributed by atoms with Crippen molar-refractivity contribution >= 4 is 0 Å². The van der Waals surface area contributed by atoms with E-state index in [-0.39, 0.29) is 0 Å². The van der Waals surface area contributed by atoms with E-state index in [0.717, 1.165) is 17.0 Å². The summed E-state index contributed by atoms with van der Waals surface area (Å²) in [5, 5.41) is 0. The topological polar surface area (TPSA) is 54.5 Å². The summed E-state index contributed by atoms with van der Waals surface area (Å²) in [6.07, 6.45) is 7.15. The number of hydrogen-bond acceptors (Lipinski definition) is 3. The van der Waals surface area contributed by atoms with Gasteiger partial charge in [-0.05, 0) is 30.3 Å². The highest BCUT2D eigenvalue weighted by molar-refractivity contribution is 5.60. The van der Waals surface area contributed by atoms with E-state index >= 15 is 0 Å². The van der Waals surface area contributed by atoms with Gasteiger partial charge < -0.3 is 4.98 Å². The molecule has 3 aromatic rings. The highest BCUT2D eigenvalue weighted by atomic mass is 14.9. The summed E-state index contributed by atoms with van der Waals surface area (Å²) in [5.74, 6) is 0.691. The van der Waals surface area contributed by atoms with Crippen LogP contribution in [0.5, 0.6) is 0 Å². The zero-order chi connectivity index (χ0) is 11.5. The second-order valence-corrected chi connectivity index (χ2v) is 3.59. The summed E-state index contributed by atoms with van der Waals surface area (Å²) in [5.41, 5.74) is 2.77. The second kappa shape index (κ2) is 4.17. The minimum atomic E-state index is 0.691. The van der Waals surface area contributed by atoms with Crippen molar-refractivity contribution in [3.8, 4) is 22.8 Å². The van der Waals surface area contributed by atoms with Gasteiger partial charge in [-0.3, -0.25) is 4.98 Å². The van der Waals surface area contributed by atoms with Crippen LogP contribution in [0.3, 0.4) is 0 Å². The van der Waals surface area contributed by atoms with Gasteiger partial charge in [-0.2, -0.15) is 0 Å². The van der Waals surface area contributed by atoms with Gasteiger partial charge in [0.2, 0.25) is 0 Å². The molecule has 82 valence electrons. The van der Waals surface area contributed by atoms with Crippen LogP contribution in [0, 0.1) is 0 Å². The van der Waals surface area contributed by atoms with Gasteiger partial charge in [0.05, 0.1) is 11.4 Å². The first-order valence-corrected chi connectivity index (χ1v) is 5.31. The van der Waals surface area contributed by atoms with Crippen molar-refractivity contribution in [2.75, 3.05) is 0 Å². The lowest BCUT2D eigenvalue weighted by molar-refractivity contribution is 1.15. The van der Waals surface area contributed by atoms with Gasteiger partial charge >= 0.3 is 0 Å². The van der Waals surface area contributed by atoms with E-state index in [1.165, 1.54) is 0 Å². The normalized spacial score (nSPS) is 10.4. The van der Waals surface area contributed by atoms with E-state index in [9.17, 15) is 0 Å². The summed E-state index contributed by atoms with van der Waals surface area (Å²) in [6, 6.07) is 9.63. The Labute approximate surface area is 98.4 Å². The van der Waals surface area contributed by atoms with Crippen molar-refractivity contribution in [1.29, 1.82) is 0 Å². The van der Waals surface area contributed by atoms with Crippen LogP contribution < -0.4 is 0 Å². The van der Waals surface area contributed by atoms with Gasteiger partial charge in [-0.25, -0.2) is 9.97 Å². The fourth-order valence-corrected chi connectivity index (χ4v) is 1.63. The fourth-order valence-electron chi connectivity index (χ4n) is 1.63. The number of aromatic nitrogens is 4. The Kier molecular flexibility index (Phi) is 2.38. The number of H-pyrrole nitrogens is 1. The van der Waals surface area contributed by atoms with Gasteiger partial charge in [0.15, 0.2) is 5.82 Å². The molecule has 0 atom stereocenters. The van der Waals surface area contributed by atoms with Gasteiger partial charge in [0.25, 0.3) is 0 Å². The first-order chi connectivity index (χ1) is 8.43. The predicted molar refractivity (Wildman–Crippen MR) is 65.0 cm³/mol. The van der Waals surface area contributed by atoms with Gasteiger partial charge in [-0.1, -0.05) is 0 Å². The molecular weight excluding hydrogens is 212 g/mol. The summed E-state index contributed by atoms with van der Waals surface area (Å²) < 4.78 is 0. The quantitative estimate of drug-likeness (QED) is 0.724. The molecule has 4 nitrogen and oxygen atoms in total. The molecule has 0 unspecified atom stereocenters. The van der Waals surface area contributed by atoms with E-state index in [1.807, 2.05) is 36.5 Å². The molecule has 0 aromatic carbocycles. The average Bonchev–Trinajstić information content (AvgIpc) is 2.94. The van der Waals surface area contributed by atoms with E-state index in [0.29, 0.717) is 5.82 Å². The molecule has 3 aromatic heterocycles. The van der Waals surface area contributed by atoms with Crippen LogP contribution in [0.1, 0.15) is 0 Å². The highest BCUT2D eigenvalue weighted by Crippen LogP contribution is 2.18. The largest absolute Gasteiger partial charge is 0.359 e. The molecule has 1 N–H and O–H groups in total. The number of nitrogens with one attached hydrogen (secondary N) is 1. The number of nitrogens with zero attached hydrogens (tertiary/aromatic N) is 3. The first-order valence-electron chi connectivity index (χ1n) is 5.31. The van der Waals surface area contributed by atoms with Crippen LogP contribution in [0.2, 0.25) is 0 Å². The predicted octanol–water partition coefficient (Wildman–Crippen LogP) is 2.53. The summed E-state index contributed by atoms with van der Waals surface area (Å²) in [6.45, 7) is 0. The Morgan fingerprint density at radius 1 is 1.00 bits per heavy atom. The molecule has 0 radical (unpaired) electrons. The maximum Gasteiger partial charge on any atom is 0.176 e. The van der Waals surface area contributed by atoms with Crippen molar-refractivity contribution in [2.45, 2.75) is 0 Å². The number of rotatable bonds is 2. The molecule has 4 heteroatoms. The molecule has 0 aliphatic carbocycles. The number of aromatic amines is 1. The third-order valence-corrected chi connectivity index (χ3v) is 2.45. The second-order valence-electron chi connectivity index (χ2n) is 3.59. The zero-order valence-electron chi connectivity index (χ0n) is 9.04. The van der Waals surface area contributed by atoms with E-state index < -0.39 is 0 Å². The average molecular weight is 222 g/mol. The van der Waals surface area contributed by atoms with Gasteiger partial charge in [0.1, 0.15) is 0 Å². The van der Waals surface area contributed by atoms with E-state index in [4.69, 9.17) is 0 Å². The molecule has 3 rings (SSSR count). The fraction of sp³-hybridized carbons (Fsp3) is 0. The Morgan fingerprint density at radius 2 is 2.00 bits per heavy atom. The molecule has 0 spiro atoms. The standard InChI is InChI=1S/C13H10N4/c1-3-10(9-14-6-1)11-5-8-16-13(17-11)12-4-2-7-15-12/h1-9,15H. The third kappa shape index (κ3) is 1.92. The third-order valence-electron chi connectivity index (χ3n) is 2.45. The van der Waals surface area contributed by atoms with Crippen molar-refractivity contribution in [3.63, 3.8) is 0 Å². The highest BCUT2D eigenvalue weighted by Gasteiger charge is 2.04. The van der Waals surface area contributed by atoms with Crippen molar-refractivity contribution in [3.05, 3.63) is 55.1 Å². The van der Waals surface area contributed by atoms with Gasteiger partial charge in [-0.15, -0.1) is 0 Å². The van der Waals surface area contributed by atoms with E-state index in [1.54, 1.807) is 18.6 Å². The monoisotopic (exact) mass is 222 g/mol. The van der Waals surface area contributed by atoms with Crippen molar-refractivity contribution in [2.24, 2.45) is 0 Å². The molecular formula is C13H10N4. The molecule has 0 amide bonds. The van der Waals surface area contributed by atoms with Crippen LogP contribution in [-0.4, -0.2) is 19.9 Å². The molecule has 0 aliphatic heterocycles. The number of pyridine rings is 1. The Balaban J connectivity index is 2.06. The van der Waals surface area contributed by atoms with Crippen LogP contribution in [0.15, 0.2) is 55.1 Å². The van der Waals surface area contributed by atoms with Crippen molar-refractivity contribution in [1.82, 2.24) is 19.9 Å². The van der Waals surface area contributed by atoms with Crippen LogP contribution >= 0.6 is 0 Å². The maximum atomic E-state index is 4.50. The SMILES string of the molecule is c1cncc(-c2ccnc(-c3ccc[nH]3)n2)c1. The minimum Gasteiger partial charge on any atom is -0.359 e.